The molecule has 0 aliphatic rings. The lowest BCUT2D eigenvalue weighted by Gasteiger charge is -2.12. The van der Waals surface area contributed by atoms with Crippen molar-refractivity contribution in [2.75, 3.05) is 6.54 Å². The Kier molecular flexibility index (Phi) is 6.02. The molecule has 1 unspecified atom stereocenters. The molecule has 0 radical (unpaired) electrons. The molecule has 104 valence electrons. The summed E-state index contributed by atoms with van der Waals surface area (Å²) in [4.78, 5) is 22.7. The van der Waals surface area contributed by atoms with Crippen molar-refractivity contribution in [3.63, 3.8) is 0 Å². The van der Waals surface area contributed by atoms with Gasteiger partial charge >= 0.3 is 0 Å². The van der Waals surface area contributed by atoms with Crippen LogP contribution in [-0.4, -0.2) is 18.4 Å². The van der Waals surface area contributed by atoms with Crippen LogP contribution >= 0.6 is 0 Å². The first-order valence-corrected chi connectivity index (χ1v) is 6.42. The summed E-state index contributed by atoms with van der Waals surface area (Å²) in [5, 5.41) is 2.82. The molecule has 5 N–H and O–H groups in total. The Morgan fingerprint density at radius 1 is 1.37 bits per heavy atom. The highest BCUT2D eigenvalue weighted by molar-refractivity contribution is 5.92. The summed E-state index contributed by atoms with van der Waals surface area (Å²) < 4.78 is 0. The van der Waals surface area contributed by atoms with Crippen LogP contribution in [0.5, 0.6) is 0 Å². The number of benzene rings is 1. The number of carbonyl (C=O) groups is 2. The number of rotatable bonds is 7. The minimum atomic E-state index is -0.470. The second-order valence-corrected chi connectivity index (χ2v) is 4.56. The zero-order valence-corrected chi connectivity index (χ0v) is 11.2. The number of amides is 2. The fraction of sp³-hybridized carbons (Fsp3) is 0.429. The summed E-state index contributed by atoms with van der Waals surface area (Å²) in [5.74, 6) is -0.277. The van der Waals surface area contributed by atoms with Gasteiger partial charge in [0.05, 0.1) is 0 Å². The minimum Gasteiger partial charge on any atom is -0.366 e. The van der Waals surface area contributed by atoms with Crippen molar-refractivity contribution in [3.05, 3.63) is 35.4 Å². The molecule has 2 amide bonds. The third-order valence-electron chi connectivity index (χ3n) is 3.09. The molecule has 0 saturated carbocycles. The zero-order chi connectivity index (χ0) is 14.3. The van der Waals surface area contributed by atoms with Crippen molar-refractivity contribution >= 4 is 11.8 Å². The lowest BCUT2D eigenvalue weighted by atomic mass is 10.0. The quantitative estimate of drug-likeness (QED) is 0.678. The van der Waals surface area contributed by atoms with Crippen LogP contribution in [-0.2, 0) is 11.3 Å². The number of carbonyl (C=O) groups excluding carboxylic acids is 2. The lowest BCUT2D eigenvalue weighted by molar-refractivity contribution is -0.122. The van der Waals surface area contributed by atoms with Crippen LogP contribution in [0.1, 0.15) is 35.7 Å². The van der Waals surface area contributed by atoms with E-state index in [1.54, 1.807) is 18.2 Å². The van der Waals surface area contributed by atoms with Crippen molar-refractivity contribution in [1.29, 1.82) is 0 Å². The van der Waals surface area contributed by atoms with Crippen molar-refractivity contribution in [2.24, 2.45) is 17.4 Å². The molecule has 0 saturated heterocycles. The molecule has 1 aromatic rings. The summed E-state index contributed by atoms with van der Waals surface area (Å²) in [6.07, 6.45) is 1.32. The fourth-order valence-electron chi connectivity index (χ4n) is 1.76. The first kappa shape index (κ1) is 15.2. The molecule has 1 atom stereocenters. The lowest BCUT2D eigenvalue weighted by Crippen LogP contribution is -2.27. The van der Waals surface area contributed by atoms with E-state index in [9.17, 15) is 9.59 Å². The number of hydrogen-bond donors (Lipinski definition) is 3. The second kappa shape index (κ2) is 7.53. The Labute approximate surface area is 113 Å². The van der Waals surface area contributed by atoms with E-state index in [0.29, 0.717) is 25.1 Å². The maximum Gasteiger partial charge on any atom is 0.248 e. The van der Waals surface area contributed by atoms with Crippen LogP contribution in [0.15, 0.2) is 24.3 Å². The Balaban J connectivity index is 2.50. The average Bonchev–Trinajstić information content (AvgIpc) is 2.42. The van der Waals surface area contributed by atoms with Gasteiger partial charge in [0.15, 0.2) is 0 Å². The molecular weight excluding hydrogens is 242 g/mol. The van der Waals surface area contributed by atoms with E-state index in [0.717, 1.165) is 12.0 Å². The molecule has 0 fully saturated rings. The molecule has 1 rings (SSSR count). The Morgan fingerprint density at radius 3 is 2.68 bits per heavy atom. The van der Waals surface area contributed by atoms with Gasteiger partial charge in [0.25, 0.3) is 0 Å². The average molecular weight is 263 g/mol. The first-order chi connectivity index (χ1) is 9.06. The topological polar surface area (TPSA) is 98.2 Å². The van der Waals surface area contributed by atoms with Crippen LogP contribution in [0.25, 0.3) is 0 Å². The van der Waals surface area contributed by atoms with E-state index in [1.807, 2.05) is 13.0 Å². The maximum atomic E-state index is 11.7. The molecule has 0 aromatic heterocycles. The third kappa shape index (κ3) is 5.09. The highest BCUT2D eigenvalue weighted by Crippen LogP contribution is 2.07. The number of hydrogen-bond acceptors (Lipinski definition) is 3. The van der Waals surface area contributed by atoms with E-state index in [2.05, 4.69) is 5.32 Å². The van der Waals surface area contributed by atoms with E-state index in [4.69, 9.17) is 11.5 Å². The molecular formula is C14H21N3O2. The van der Waals surface area contributed by atoms with Crippen LogP contribution in [0.4, 0.5) is 0 Å². The number of primary amides is 1. The van der Waals surface area contributed by atoms with Gasteiger partial charge < -0.3 is 16.8 Å². The Bertz CT molecular complexity index is 442. The first-order valence-electron chi connectivity index (χ1n) is 6.42. The maximum absolute atomic E-state index is 11.7. The molecule has 1 aromatic carbocycles. The van der Waals surface area contributed by atoms with Crippen molar-refractivity contribution in [1.82, 2.24) is 5.32 Å². The van der Waals surface area contributed by atoms with Gasteiger partial charge in [-0.1, -0.05) is 25.5 Å². The molecule has 0 aliphatic carbocycles. The van der Waals surface area contributed by atoms with Crippen LogP contribution < -0.4 is 16.8 Å². The minimum absolute atomic E-state index is 0.0261. The highest BCUT2D eigenvalue weighted by Gasteiger charge is 2.10. The molecule has 0 bridgehead atoms. The second-order valence-electron chi connectivity index (χ2n) is 4.56. The standard InChI is InChI=1S/C14H21N3O2/c1-2-10(8-15)7-13(18)17-9-11-4-3-5-12(6-11)14(16)19/h3-6,10H,2,7-9,15H2,1H3,(H2,16,19)(H,17,18). The molecule has 0 spiro atoms. The van der Waals surface area contributed by atoms with Gasteiger partial charge in [0, 0.05) is 18.5 Å². The predicted molar refractivity (Wildman–Crippen MR) is 74.3 cm³/mol. The summed E-state index contributed by atoms with van der Waals surface area (Å²) >= 11 is 0. The van der Waals surface area contributed by atoms with Gasteiger partial charge in [-0.2, -0.15) is 0 Å². The zero-order valence-electron chi connectivity index (χ0n) is 11.2. The highest BCUT2D eigenvalue weighted by atomic mass is 16.1. The van der Waals surface area contributed by atoms with Gasteiger partial charge in [-0.15, -0.1) is 0 Å². The molecule has 5 heteroatoms. The summed E-state index contributed by atoms with van der Waals surface area (Å²) in [6.45, 7) is 2.92. The smallest absolute Gasteiger partial charge is 0.248 e. The molecule has 0 heterocycles. The van der Waals surface area contributed by atoms with Crippen LogP contribution in [0.3, 0.4) is 0 Å². The number of nitrogens with one attached hydrogen (secondary N) is 1. The van der Waals surface area contributed by atoms with Crippen LogP contribution in [0, 0.1) is 5.92 Å². The fourth-order valence-corrected chi connectivity index (χ4v) is 1.76. The Hall–Kier alpha value is -1.88. The normalized spacial score (nSPS) is 11.9. The van der Waals surface area contributed by atoms with E-state index in [1.165, 1.54) is 0 Å². The number of nitrogens with two attached hydrogens (primary N) is 2. The van der Waals surface area contributed by atoms with Crippen molar-refractivity contribution in [3.8, 4) is 0 Å². The van der Waals surface area contributed by atoms with Gasteiger partial charge in [-0.25, -0.2) is 0 Å². The Morgan fingerprint density at radius 2 is 2.11 bits per heavy atom. The van der Waals surface area contributed by atoms with Crippen molar-refractivity contribution in [2.45, 2.75) is 26.3 Å². The predicted octanol–water partition coefficient (Wildman–Crippen LogP) is 0.777. The molecule has 19 heavy (non-hydrogen) atoms. The van der Waals surface area contributed by atoms with E-state index >= 15 is 0 Å². The van der Waals surface area contributed by atoms with E-state index in [-0.39, 0.29) is 11.8 Å². The SMILES string of the molecule is CCC(CN)CC(=O)NCc1cccc(C(N)=O)c1. The summed E-state index contributed by atoms with van der Waals surface area (Å²) in [7, 11) is 0. The van der Waals surface area contributed by atoms with Gasteiger partial charge in [0.2, 0.25) is 11.8 Å². The van der Waals surface area contributed by atoms with Crippen molar-refractivity contribution < 1.29 is 9.59 Å². The van der Waals surface area contributed by atoms with Crippen LogP contribution in [0.2, 0.25) is 0 Å². The molecule has 5 nitrogen and oxygen atoms in total. The monoisotopic (exact) mass is 263 g/mol. The summed E-state index contributed by atoms with van der Waals surface area (Å²) in [6, 6.07) is 6.92. The summed E-state index contributed by atoms with van der Waals surface area (Å²) in [5.41, 5.74) is 12.1. The van der Waals surface area contributed by atoms with E-state index < -0.39 is 5.91 Å². The van der Waals surface area contributed by atoms with Gasteiger partial charge in [0.1, 0.15) is 0 Å². The van der Waals surface area contributed by atoms with Gasteiger partial charge in [-0.3, -0.25) is 9.59 Å². The third-order valence-corrected chi connectivity index (χ3v) is 3.09. The van der Waals surface area contributed by atoms with Gasteiger partial charge in [-0.05, 0) is 30.2 Å². The molecule has 0 aliphatic heterocycles. The largest absolute Gasteiger partial charge is 0.366 e.